The highest BCUT2D eigenvalue weighted by Crippen LogP contribution is 2.42. The van der Waals surface area contributed by atoms with E-state index in [1.165, 1.54) is 18.5 Å². The number of aromatic nitrogens is 1. The summed E-state index contributed by atoms with van der Waals surface area (Å²) in [6.07, 6.45) is -1.74. The summed E-state index contributed by atoms with van der Waals surface area (Å²) in [5, 5.41) is 7.31. The molecule has 0 radical (unpaired) electrons. The Morgan fingerprint density at radius 2 is 1.45 bits per heavy atom. The smallest absolute Gasteiger partial charge is 0.417 e. The number of hydrogen-bond acceptors (Lipinski definition) is 5. The van der Waals surface area contributed by atoms with Gasteiger partial charge in [0.25, 0.3) is 5.91 Å². The van der Waals surface area contributed by atoms with Crippen molar-refractivity contribution in [3.63, 3.8) is 0 Å². The number of pyridine rings is 1. The largest absolute Gasteiger partial charge is 0.456 e. The first kappa shape index (κ1) is 34.9. The lowest BCUT2D eigenvalue weighted by Gasteiger charge is -2.42. The van der Waals surface area contributed by atoms with Crippen molar-refractivity contribution in [3.05, 3.63) is 77.1 Å². The molecule has 44 heavy (non-hydrogen) atoms. The lowest BCUT2D eigenvalue weighted by Crippen LogP contribution is -2.49. The van der Waals surface area contributed by atoms with Gasteiger partial charge >= 0.3 is 12.2 Å². The maximum atomic E-state index is 13.1. The Morgan fingerprint density at radius 3 is 2.05 bits per heavy atom. The van der Waals surface area contributed by atoms with E-state index >= 15 is 0 Å². The molecule has 0 aliphatic rings. The number of ether oxygens (including phenoxy) is 1. The molecule has 1 aromatic heterocycles. The van der Waals surface area contributed by atoms with E-state index < -0.39 is 31.1 Å². The zero-order valence-electron chi connectivity index (χ0n) is 25.5. The number of carbonyl (C=O) groups excluding carboxylic acids is 2. The van der Waals surface area contributed by atoms with Crippen molar-refractivity contribution in [3.8, 4) is 11.5 Å². The Hall–Kier alpha value is -3.61. The Kier molecular flexibility index (Phi) is 11.8. The van der Waals surface area contributed by atoms with Gasteiger partial charge in [0.05, 0.1) is 29.0 Å². The molecule has 0 atom stereocenters. The van der Waals surface area contributed by atoms with Crippen LogP contribution in [0.4, 0.5) is 29.3 Å². The van der Waals surface area contributed by atoms with E-state index in [0.29, 0.717) is 52.5 Å². The van der Waals surface area contributed by atoms with E-state index in [2.05, 4.69) is 62.5 Å². The number of hydrogen-bond donors (Lipinski definition) is 3. The van der Waals surface area contributed by atoms with Crippen LogP contribution in [-0.4, -0.2) is 38.4 Å². The van der Waals surface area contributed by atoms with Crippen LogP contribution < -0.4 is 20.7 Å². The summed E-state index contributed by atoms with van der Waals surface area (Å²) < 4.78 is 51.6. The Balaban J connectivity index is 1.54. The van der Waals surface area contributed by atoms with Gasteiger partial charge in [0.2, 0.25) is 0 Å². The summed E-state index contributed by atoms with van der Waals surface area (Å²) in [5.74, 6) is 0.445. The molecule has 0 saturated heterocycles. The topological polar surface area (TPSA) is 102 Å². The molecule has 3 N–H and O–H groups in total. The molecule has 3 aromatic rings. The zero-order chi connectivity index (χ0) is 32.7. The van der Waals surface area contributed by atoms with Crippen LogP contribution in [0.25, 0.3) is 0 Å². The van der Waals surface area contributed by atoms with Gasteiger partial charge in [-0.25, -0.2) is 4.79 Å². The molecular formula is C31H38ClF3N4O4Si. The van der Waals surface area contributed by atoms with Crippen LogP contribution in [0.1, 0.15) is 57.5 Å². The molecule has 238 valence electrons. The van der Waals surface area contributed by atoms with Crippen LogP contribution in [0, 0.1) is 0 Å². The molecule has 0 saturated carbocycles. The van der Waals surface area contributed by atoms with E-state index in [0.717, 1.165) is 12.1 Å². The number of benzene rings is 2. The van der Waals surface area contributed by atoms with Crippen molar-refractivity contribution in [2.75, 3.05) is 23.8 Å². The maximum Gasteiger partial charge on any atom is 0.417 e. The second-order valence-electron chi connectivity index (χ2n) is 11.2. The predicted molar refractivity (Wildman–Crippen MR) is 169 cm³/mol. The predicted octanol–water partition coefficient (Wildman–Crippen LogP) is 9.11. The lowest BCUT2D eigenvalue weighted by atomic mass is 10.2. The quantitative estimate of drug-likeness (QED) is 0.134. The first-order chi connectivity index (χ1) is 20.6. The number of anilines is 2. The Bertz CT molecular complexity index is 1410. The fraction of sp³-hybridized carbons (Fsp3) is 0.387. The molecule has 0 bridgehead atoms. The van der Waals surface area contributed by atoms with E-state index in [-0.39, 0.29) is 11.6 Å². The molecule has 0 fully saturated rings. The second-order valence-corrected chi connectivity index (χ2v) is 17.1. The van der Waals surface area contributed by atoms with Gasteiger partial charge in [0.15, 0.2) is 8.32 Å². The SMILES string of the molecule is CC(C)[Si](OCCNC(=O)c1cncc(Oc2ccc(NC(=O)Nc3ccc(Cl)c(C(F)(F)F)c3)cc2)c1)(C(C)C)C(C)C. The molecule has 3 rings (SSSR count). The minimum Gasteiger partial charge on any atom is -0.456 e. The van der Waals surface area contributed by atoms with Gasteiger partial charge in [-0.1, -0.05) is 53.1 Å². The molecule has 0 aliphatic heterocycles. The minimum absolute atomic E-state index is 0.0697. The fourth-order valence-electron chi connectivity index (χ4n) is 5.45. The first-order valence-corrected chi connectivity index (χ1v) is 16.7. The van der Waals surface area contributed by atoms with E-state index in [1.54, 1.807) is 30.3 Å². The van der Waals surface area contributed by atoms with E-state index in [4.69, 9.17) is 20.8 Å². The van der Waals surface area contributed by atoms with Crippen molar-refractivity contribution in [2.45, 2.75) is 64.3 Å². The molecular weight excluding hydrogens is 613 g/mol. The van der Waals surface area contributed by atoms with E-state index in [1.807, 2.05) is 0 Å². The van der Waals surface area contributed by atoms with Gasteiger partial charge in [-0.15, -0.1) is 0 Å². The third kappa shape index (κ3) is 8.96. The number of carbonyl (C=O) groups is 2. The van der Waals surface area contributed by atoms with Gasteiger partial charge in [-0.3, -0.25) is 9.78 Å². The minimum atomic E-state index is -4.65. The van der Waals surface area contributed by atoms with Crippen LogP contribution >= 0.6 is 11.6 Å². The van der Waals surface area contributed by atoms with Gasteiger partial charge < -0.3 is 25.1 Å². The third-order valence-corrected chi connectivity index (χ3v) is 13.7. The highest BCUT2D eigenvalue weighted by atomic mass is 35.5. The van der Waals surface area contributed by atoms with Crippen LogP contribution in [0.3, 0.4) is 0 Å². The van der Waals surface area contributed by atoms with Crippen LogP contribution in [0.2, 0.25) is 21.6 Å². The first-order valence-electron chi connectivity index (χ1n) is 14.2. The number of halogens is 4. The fourth-order valence-corrected chi connectivity index (χ4v) is 11.1. The summed E-state index contributed by atoms with van der Waals surface area (Å²) in [7, 11) is -2.02. The molecule has 8 nitrogen and oxygen atoms in total. The number of nitrogens with one attached hydrogen (secondary N) is 3. The van der Waals surface area contributed by atoms with Gasteiger partial charge in [-0.05, 0) is 65.2 Å². The Labute approximate surface area is 261 Å². The molecule has 13 heteroatoms. The normalized spacial score (nSPS) is 12.0. The highest BCUT2D eigenvalue weighted by Gasteiger charge is 2.44. The van der Waals surface area contributed by atoms with Crippen molar-refractivity contribution < 1.29 is 31.9 Å². The zero-order valence-corrected chi connectivity index (χ0v) is 27.3. The molecule has 2 aromatic carbocycles. The average Bonchev–Trinajstić information content (AvgIpc) is 2.94. The summed E-state index contributed by atoms with van der Waals surface area (Å²) in [5.41, 5.74) is 0.917. The van der Waals surface area contributed by atoms with Crippen molar-refractivity contribution >= 4 is 43.2 Å². The summed E-state index contributed by atoms with van der Waals surface area (Å²) in [6, 6.07) is 10.2. The second kappa shape index (κ2) is 14.9. The summed E-state index contributed by atoms with van der Waals surface area (Å²) in [6.45, 7) is 14.1. The third-order valence-electron chi connectivity index (χ3n) is 7.30. The standard InChI is InChI=1S/C31H38ClF3N4O4Si/c1-19(2)44(20(3)4,21(5)6)42-14-13-37-29(40)22-15-26(18-36-17-22)43-25-10-7-23(8-11-25)38-30(41)39-24-9-12-28(32)27(16-24)31(33,34)35/h7-12,15-21H,13-14H2,1-6H3,(H,37,40)(H2,38,39,41). The van der Waals surface area contributed by atoms with Crippen LogP contribution in [0.5, 0.6) is 11.5 Å². The van der Waals surface area contributed by atoms with Gasteiger partial charge in [-0.2, -0.15) is 13.2 Å². The maximum absolute atomic E-state index is 13.1. The Morgan fingerprint density at radius 1 is 0.864 bits per heavy atom. The van der Waals surface area contributed by atoms with E-state index in [9.17, 15) is 22.8 Å². The number of nitrogens with zero attached hydrogens (tertiary/aromatic N) is 1. The number of urea groups is 1. The highest BCUT2D eigenvalue weighted by molar-refractivity contribution is 6.77. The molecule has 0 aliphatic carbocycles. The molecule has 1 heterocycles. The monoisotopic (exact) mass is 650 g/mol. The van der Waals surface area contributed by atoms with Crippen molar-refractivity contribution in [2.24, 2.45) is 0 Å². The molecule has 0 unspecified atom stereocenters. The van der Waals surface area contributed by atoms with Crippen molar-refractivity contribution in [1.29, 1.82) is 0 Å². The van der Waals surface area contributed by atoms with Gasteiger partial charge in [0, 0.05) is 24.1 Å². The molecule has 3 amide bonds. The van der Waals surface area contributed by atoms with Crippen molar-refractivity contribution in [1.82, 2.24) is 10.3 Å². The summed E-state index contributed by atoms with van der Waals surface area (Å²) in [4.78, 5) is 29.2. The summed E-state index contributed by atoms with van der Waals surface area (Å²) >= 11 is 5.62. The number of amides is 3. The number of alkyl halides is 3. The van der Waals surface area contributed by atoms with Gasteiger partial charge in [0.1, 0.15) is 11.5 Å². The number of rotatable bonds is 12. The van der Waals surface area contributed by atoms with Crippen LogP contribution in [-0.2, 0) is 10.6 Å². The molecule has 0 spiro atoms. The average molecular weight is 651 g/mol. The van der Waals surface area contributed by atoms with Crippen LogP contribution in [0.15, 0.2) is 60.9 Å². The lowest BCUT2D eigenvalue weighted by molar-refractivity contribution is -0.137.